The Kier molecular flexibility index (Phi) is 6.27. The number of carbonyl (C=O) groups excluding carboxylic acids is 2. The number of rotatable bonds is 7. The minimum absolute atomic E-state index is 0.210. The van der Waals surface area contributed by atoms with Gasteiger partial charge in [-0.3, -0.25) is 9.59 Å². The van der Waals surface area contributed by atoms with Crippen molar-refractivity contribution in [3.63, 3.8) is 0 Å². The van der Waals surface area contributed by atoms with Crippen LogP contribution in [0.3, 0.4) is 0 Å². The fourth-order valence-electron chi connectivity index (χ4n) is 2.33. The molecule has 2 N–H and O–H groups in total. The summed E-state index contributed by atoms with van der Waals surface area (Å²) in [5, 5.41) is 5.49. The number of furan rings is 1. The summed E-state index contributed by atoms with van der Waals surface area (Å²) in [6.45, 7) is 0.0583. The molecule has 6 nitrogen and oxygen atoms in total. The third kappa shape index (κ3) is 5.46. The lowest BCUT2D eigenvalue weighted by Crippen LogP contribution is -2.25. The predicted molar refractivity (Wildman–Crippen MR) is 105 cm³/mol. The summed E-state index contributed by atoms with van der Waals surface area (Å²) < 4.78 is 11.7. The van der Waals surface area contributed by atoms with E-state index in [1.807, 2.05) is 12.1 Å². The third-order valence-electron chi connectivity index (χ3n) is 3.62. The van der Waals surface area contributed by atoms with Crippen molar-refractivity contribution < 1.29 is 18.7 Å². The summed E-state index contributed by atoms with van der Waals surface area (Å²) in [6.07, 6.45) is 1.54. The van der Waals surface area contributed by atoms with Gasteiger partial charge in [0.1, 0.15) is 11.5 Å². The monoisotopic (exact) mass is 428 g/mol. The molecule has 0 spiro atoms. The third-order valence-corrected chi connectivity index (χ3v) is 4.15. The number of ether oxygens (including phenoxy) is 1. The minimum atomic E-state index is -0.317. The first-order valence-electron chi connectivity index (χ1n) is 8.19. The minimum Gasteiger partial charge on any atom is -0.483 e. The molecule has 0 saturated heterocycles. The van der Waals surface area contributed by atoms with Crippen molar-refractivity contribution in [1.82, 2.24) is 5.32 Å². The van der Waals surface area contributed by atoms with Crippen LogP contribution >= 0.6 is 15.9 Å². The summed E-state index contributed by atoms with van der Waals surface area (Å²) in [5.74, 6) is 0.356. The molecule has 1 aromatic heterocycles. The van der Waals surface area contributed by atoms with Gasteiger partial charge in [0, 0.05) is 10.2 Å². The Hall–Kier alpha value is -3.06. The Morgan fingerprint density at radius 3 is 2.52 bits per heavy atom. The van der Waals surface area contributed by atoms with Crippen LogP contribution in [-0.2, 0) is 11.3 Å². The first-order valence-corrected chi connectivity index (χ1v) is 8.99. The van der Waals surface area contributed by atoms with Crippen molar-refractivity contribution in [2.24, 2.45) is 0 Å². The molecule has 0 bridgehead atoms. The zero-order chi connectivity index (χ0) is 19.1. The van der Waals surface area contributed by atoms with E-state index >= 15 is 0 Å². The van der Waals surface area contributed by atoms with Gasteiger partial charge in [-0.2, -0.15) is 0 Å². The van der Waals surface area contributed by atoms with Crippen molar-refractivity contribution >= 4 is 33.4 Å². The second kappa shape index (κ2) is 9.05. The molecule has 138 valence electrons. The fourth-order valence-corrected chi connectivity index (χ4v) is 2.59. The van der Waals surface area contributed by atoms with Crippen LogP contribution in [0.1, 0.15) is 16.1 Å². The molecule has 0 atom stereocenters. The molecule has 0 aliphatic rings. The van der Waals surface area contributed by atoms with Crippen LogP contribution in [0.5, 0.6) is 5.75 Å². The molecule has 1 heterocycles. The van der Waals surface area contributed by atoms with Crippen molar-refractivity contribution in [2.45, 2.75) is 6.54 Å². The van der Waals surface area contributed by atoms with E-state index in [-0.39, 0.29) is 25.0 Å². The highest BCUT2D eigenvalue weighted by molar-refractivity contribution is 9.10. The fraction of sp³-hybridized carbons (Fsp3) is 0.100. The molecule has 0 aliphatic carbocycles. The van der Waals surface area contributed by atoms with Crippen LogP contribution in [-0.4, -0.2) is 18.4 Å². The molecular formula is C20H17BrN2O4. The van der Waals surface area contributed by atoms with E-state index in [0.717, 1.165) is 4.47 Å². The number of nitrogens with one attached hydrogen (secondary N) is 2. The Balaban J connectivity index is 1.57. The zero-order valence-electron chi connectivity index (χ0n) is 14.3. The molecule has 3 rings (SSSR count). The van der Waals surface area contributed by atoms with Crippen LogP contribution < -0.4 is 15.4 Å². The molecule has 7 heteroatoms. The number of hydrogen-bond acceptors (Lipinski definition) is 4. The molecule has 2 aromatic carbocycles. The molecule has 0 unspecified atom stereocenters. The van der Waals surface area contributed by atoms with E-state index in [1.165, 1.54) is 0 Å². The molecule has 27 heavy (non-hydrogen) atoms. The number of hydrogen-bond donors (Lipinski definition) is 2. The van der Waals surface area contributed by atoms with Crippen molar-refractivity contribution in [1.29, 1.82) is 0 Å². The number of halogens is 1. The maximum Gasteiger partial charge on any atom is 0.262 e. The van der Waals surface area contributed by atoms with Gasteiger partial charge in [-0.1, -0.05) is 28.1 Å². The number of amides is 2. The Morgan fingerprint density at radius 1 is 1.00 bits per heavy atom. The molecule has 0 aliphatic heterocycles. The Morgan fingerprint density at radius 2 is 1.78 bits per heavy atom. The maximum atomic E-state index is 12.4. The van der Waals surface area contributed by atoms with Crippen LogP contribution in [0.15, 0.2) is 75.8 Å². The smallest absolute Gasteiger partial charge is 0.262 e. The number of carbonyl (C=O) groups is 2. The lowest BCUT2D eigenvalue weighted by atomic mass is 10.2. The number of anilines is 1. The number of benzene rings is 2. The van der Waals surface area contributed by atoms with E-state index < -0.39 is 0 Å². The number of para-hydroxylation sites is 1. The lowest BCUT2D eigenvalue weighted by Gasteiger charge is -2.11. The van der Waals surface area contributed by atoms with Crippen molar-refractivity contribution in [2.75, 3.05) is 11.9 Å². The lowest BCUT2D eigenvalue weighted by molar-refractivity contribution is -0.118. The van der Waals surface area contributed by atoms with Gasteiger partial charge in [0.15, 0.2) is 6.61 Å². The van der Waals surface area contributed by atoms with E-state index in [1.54, 1.807) is 54.8 Å². The van der Waals surface area contributed by atoms with Gasteiger partial charge in [0.05, 0.1) is 18.4 Å². The van der Waals surface area contributed by atoms with Crippen LogP contribution in [0, 0.1) is 0 Å². The van der Waals surface area contributed by atoms with E-state index in [4.69, 9.17) is 9.15 Å². The van der Waals surface area contributed by atoms with E-state index in [2.05, 4.69) is 26.6 Å². The van der Waals surface area contributed by atoms with Gasteiger partial charge in [0.2, 0.25) is 0 Å². The molecule has 0 radical (unpaired) electrons. The maximum absolute atomic E-state index is 12.4. The molecular weight excluding hydrogens is 412 g/mol. The highest BCUT2D eigenvalue weighted by Gasteiger charge is 2.13. The summed E-state index contributed by atoms with van der Waals surface area (Å²) in [4.78, 5) is 24.5. The predicted octanol–water partition coefficient (Wildman–Crippen LogP) is 3.99. The van der Waals surface area contributed by atoms with E-state index in [9.17, 15) is 9.59 Å². The average Bonchev–Trinajstić information content (AvgIpc) is 3.20. The summed E-state index contributed by atoms with van der Waals surface area (Å²) >= 11 is 3.34. The molecule has 0 saturated carbocycles. The standard InChI is InChI=1S/C20H17BrN2O4/c21-14-7-9-15(10-8-14)23-19(24)13-27-18-6-2-1-5-17(18)20(25)22-12-16-4-3-11-26-16/h1-11H,12-13H2,(H,22,25)(H,23,24). The van der Waals surface area contributed by atoms with Crippen LogP contribution in [0.25, 0.3) is 0 Å². The summed E-state index contributed by atoms with van der Waals surface area (Å²) in [7, 11) is 0. The Labute approximate surface area is 164 Å². The normalized spacial score (nSPS) is 10.3. The highest BCUT2D eigenvalue weighted by atomic mass is 79.9. The van der Waals surface area contributed by atoms with Gasteiger partial charge in [-0.25, -0.2) is 0 Å². The quantitative estimate of drug-likeness (QED) is 0.595. The van der Waals surface area contributed by atoms with Crippen LogP contribution in [0.2, 0.25) is 0 Å². The largest absolute Gasteiger partial charge is 0.483 e. The van der Waals surface area contributed by atoms with Gasteiger partial charge >= 0.3 is 0 Å². The Bertz CT molecular complexity index is 908. The van der Waals surface area contributed by atoms with Crippen LogP contribution in [0.4, 0.5) is 5.69 Å². The second-order valence-corrected chi connectivity index (χ2v) is 6.52. The van der Waals surface area contributed by atoms with Gasteiger partial charge in [0.25, 0.3) is 11.8 Å². The summed E-state index contributed by atoms with van der Waals surface area (Å²) in [5.41, 5.74) is 1.01. The highest BCUT2D eigenvalue weighted by Crippen LogP contribution is 2.18. The van der Waals surface area contributed by atoms with Crippen molar-refractivity contribution in [3.05, 3.63) is 82.7 Å². The molecule has 2 amide bonds. The van der Waals surface area contributed by atoms with Gasteiger partial charge < -0.3 is 19.8 Å². The van der Waals surface area contributed by atoms with E-state index in [0.29, 0.717) is 22.8 Å². The topological polar surface area (TPSA) is 80.6 Å². The summed E-state index contributed by atoms with van der Waals surface area (Å²) in [6, 6.07) is 17.5. The first-order chi connectivity index (χ1) is 13.1. The van der Waals surface area contributed by atoms with Crippen molar-refractivity contribution in [3.8, 4) is 5.75 Å². The zero-order valence-corrected chi connectivity index (χ0v) is 15.9. The van der Waals surface area contributed by atoms with Gasteiger partial charge in [-0.05, 0) is 48.5 Å². The average molecular weight is 429 g/mol. The molecule has 0 fully saturated rings. The SMILES string of the molecule is O=C(COc1ccccc1C(=O)NCc1ccco1)Nc1ccc(Br)cc1. The molecule has 3 aromatic rings. The first kappa shape index (κ1) is 18.7. The second-order valence-electron chi connectivity index (χ2n) is 5.60. The van der Waals surface area contributed by atoms with Gasteiger partial charge in [-0.15, -0.1) is 0 Å².